The van der Waals surface area contributed by atoms with E-state index in [1.54, 1.807) is 12.4 Å². The van der Waals surface area contributed by atoms with Gasteiger partial charge in [-0.1, -0.05) is 6.58 Å². The second-order valence-electron chi connectivity index (χ2n) is 1.89. The number of hydrogen-bond donors (Lipinski definition) is 3. The first kappa shape index (κ1) is 15.9. The van der Waals surface area contributed by atoms with Gasteiger partial charge in [0.2, 0.25) is 0 Å². The molecule has 0 aromatic heterocycles. The van der Waals surface area contributed by atoms with Crippen molar-refractivity contribution < 1.29 is 29.4 Å². The lowest BCUT2D eigenvalue weighted by atomic mass is 10.7. The predicted molar refractivity (Wildman–Crippen MR) is 50.6 cm³/mol. The average Bonchev–Trinajstić information content (AvgIpc) is 2.26. The fourth-order valence-corrected chi connectivity index (χ4v) is 0.294. The second-order valence-corrected chi connectivity index (χ2v) is 1.89. The van der Waals surface area contributed by atoms with Gasteiger partial charge in [0, 0.05) is 6.08 Å². The fourth-order valence-electron chi connectivity index (χ4n) is 0.294. The van der Waals surface area contributed by atoms with Gasteiger partial charge in [0.25, 0.3) is 0 Å². The molecule has 0 aromatic carbocycles. The maximum absolute atomic E-state index is 10.4. The van der Waals surface area contributed by atoms with E-state index in [0.717, 1.165) is 6.08 Å². The molecule has 1 amide bonds. The maximum atomic E-state index is 10.4. The van der Waals surface area contributed by atoms with Gasteiger partial charge in [-0.3, -0.25) is 0 Å². The molecular weight excluding hydrogens is 206 g/mol. The summed E-state index contributed by atoms with van der Waals surface area (Å²) in [7, 11) is 0. The van der Waals surface area contributed by atoms with Crippen LogP contribution in [0.25, 0.3) is 0 Å². The molecule has 0 aliphatic heterocycles. The van der Waals surface area contributed by atoms with Gasteiger partial charge in [0.15, 0.2) is 0 Å². The molecule has 15 heavy (non-hydrogen) atoms. The first-order valence-electron chi connectivity index (χ1n) is 4.10. The van der Waals surface area contributed by atoms with Gasteiger partial charge in [0.1, 0.15) is 0 Å². The summed E-state index contributed by atoms with van der Waals surface area (Å²) in [6, 6.07) is 0. The number of aliphatic hydroxyl groups excluding tert-OH is 2. The maximum Gasteiger partial charge on any atom is 0.440 e. The average molecular weight is 221 g/mol. The Hall–Kier alpha value is -1.60. The quantitative estimate of drug-likeness (QED) is 0.432. The van der Waals surface area contributed by atoms with Crippen LogP contribution in [0.4, 0.5) is 4.79 Å². The molecular formula is C8H15NO6. The number of carbonyl (C=O) groups excluding carboxylic acids is 2. The van der Waals surface area contributed by atoms with Crippen LogP contribution in [-0.4, -0.2) is 42.1 Å². The molecule has 0 radical (unpaired) electrons. The number of ether oxygens (including phenoxy) is 1. The highest BCUT2D eigenvalue weighted by molar-refractivity contribution is 5.82. The molecule has 0 rings (SSSR count). The van der Waals surface area contributed by atoms with Gasteiger partial charge in [-0.25, -0.2) is 9.59 Å². The van der Waals surface area contributed by atoms with Gasteiger partial charge in [-0.2, -0.15) is 0 Å². The van der Waals surface area contributed by atoms with E-state index < -0.39 is 12.1 Å². The van der Waals surface area contributed by atoms with Crippen LogP contribution in [0.15, 0.2) is 12.7 Å². The van der Waals surface area contributed by atoms with Crippen molar-refractivity contribution in [3.8, 4) is 0 Å². The van der Waals surface area contributed by atoms with Crippen molar-refractivity contribution in [2.24, 2.45) is 0 Å². The first-order chi connectivity index (χ1) is 7.12. The highest BCUT2D eigenvalue weighted by atomic mass is 16.7. The summed E-state index contributed by atoms with van der Waals surface area (Å²) in [5.41, 5.74) is 1.75. The summed E-state index contributed by atoms with van der Waals surface area (Å²) in [5, 5.41) is 15.2. The minimum Gasteiger partial charge on any atom is -0.448 e. The highest BCUT2D eigenvalue weighted by Gasteiger charge is 2.01. The summed E-state index contributed by atoms with van der Waals surface area (Å²) in [6.45, 7) is 4.72. The molecule has 0 atom stereocenters. The van der Waals surface area contributed by atoms with Crippen molar-refractivity contribution in [1.82, 2.24) is 5.48 Å². The number of hydroxylamine groups is 1. The molecule has 7 nitrogen and oxygen atoms in total. The number of carbonyl (C=O) groups is 2. The van der Waals surface area contributed by atoms with Crippen LogP contribution in [0.5, 0.6) is 0 Å². The van der Waals surface area contributed by atoms with Crippen molar-refractivity contribution in [3.63, 3.8) is 0 Å². The van der Waals surface area contributed by atoms with Crippen LogP contribution < -0.4 is 5.48 Å². The van der Waals surface area contributed by atoms with Gasteiger partial charge in [-0.15, -0.1) is 5.48 Å². The zero-order valence-corrected chi connectivity index (χ0v) is 8.43. The Morgan fingerprint density at radius 2 is 1.93 bits per heavy atom. The van der Waals surface area contributed by atoms with Crippen molar-refractivity contribution in [2.45, 2.75) is 6.92 Å². The zero-order chi connectivity index (χ0) is 12.1. The van der Waals surface area contributed by atoms with Crippen LogP contribution in [-0.2, 0) is 14.4 Å². The predicted octanol–water partition coefficient (Wildman–Crippen LogP) is -0.652. The first-order valence-corrected chi connectivity index (χ1v) is 4.10. The van der Waals surface area contributed by atoms with Crippen molar-refractivity contribution in [1.29, 1.82) is 0 Å². The summed E-state index contributed by atoms with van der Waals surface area (Å²) in [6.07, 6.45) is 0.120. The Morgan fingerprint density at radius 1 is 1.40 bits per heavy atom. The van der Waals surface area contributed by atoms with Crippen LogP contribution in [0.1, 0.15) is 6.92 Å². The lowest BCUT2D eigenvalue weighted by Crippen LogP contribution is -2.26. The van der Waals surface area contributed by atoms with Crippen LogP contribution in [0.3, 0.4) is 0 Å². The van der Waals surface area contributed by atoms with Crippen LogP contribution >= 0.6 is 0 Å². The number of amides is 1. The second kappa shape index (κ2) is 12.4. The van der Waals surface area contributed by atoms with E-state index in [-0.39, 0.29) is 19.8 Å². The lowest BCUT2D eigenvalue weighted by molar-refractivity contribution is -0.143. The SMILES string of the molecule is C=CC(=O)ONC(=O)OCC.OCCO. The Bertz CT molecular complexity index is 192. The molecule has 0 unspecified atom stereocenters. The lowest BCUT2D eigenvalue weighted by Gasteiger charge is -2.02. The molecule has 0 saturated heterocycles. The normalized spacial score (nSPS) is 7.93. The van der Waals surface area contributed by atoms with E-state index in [1.165, 1.54) is 0 Å². The van der Waals surface area contributed by atoms with E-state index in [9.17, 15) is 9.59 Å². The molecule has 0 bridgehead atoms. The molecule has 0 aromatic rings. The smallest absolute Gasteiger partial charge is 0.440 e. The molecule has 0 heterocycles. The largest absolute Gasteiger partial charge is 0.448 e. The van der Waals surface area contributed by atoms with Crippen LogP contribution in [0, 0.1) is 0 Å². The third-order valence-electron chi connectivity index (χ3n) is 0.777. The molecule has 0 aliphatic rings. The van der Waals surface area contributed by atoms with E-state index in [2.05, 4.69) is 16.2 Å². The van der Waals surface area contributed by atoms with E-state index in [1.807, 2.05) is 0 Å². The minimum absolute atomic E-state index is 0.125. The third kappa shape index (κ3) is 15.2. The summed E-state index contributed by atoms with van der Waals surface area (Å²) in [5.74, 6) is -0.738. The van der Waals surface area contributed by atoms with Crippen molar-refractivity contribution in [2.75, 3.05) is 19.8 Å². The number of rotatable bonds is 3. The molecule has 0 aliphatic carbocycles. The molecule has 3 N–H and O–H groups in total. The molecule has 7 heteroatoms. The fraction of sp³-hybridized carbons (Fsp3) is 0.500. The Labute approximate surface area is 87.3 Å². The monoisotopic (exact) mass is 221 g/mol. The topological polar surface area (TPSA) is 105 Å². The molecule has 0 saturated carbocycles. The number of aliphatic hydroxyl groups is 2. The molecule has 0 fully saturated rings. The Kier molecular flexibility index (Phi) is 13.1. The summed E-state index contributed by atoms with van der Waals surface area (Å²) in [4.78, 5) is 24.9. The zero-order valence-electron chi connectivity index (χ0n) is 8.43. The van der Waals surface area contributed by atoms with E-state index >= 15 is 0 Å². The molecule has 88 valence electrons. The minimum atomic E-state index is -0.803. The Morgan fingerprint density at radius 3 is 2.27 bits per heavy atom. The van der Waals surface area contributed by atoms with Gasteiger partial charge in [-0.05, 0) is 6.92 Å². The third-order valence-corrected chi connectivity index (χ3v) is 0.777. The van der Waals surface area contributed by atoms with E-state index in [0.29, 0.717) is 0 Å². The van der Waals surface area contributed by atoms with Gasteiger partial charge in [0.05, 0.1) is 19.8 Å². The highest BCUT2D eigenvalue weighted by Crippen LogP contribution is 1.78. The Balaban J connectivity index is 0. The standard InChI is InChI=1S/C6H9NO4.C2H6O2/c1-3-5(8)11-7-6(9)10-4-2;3-1-2-4/h3H,1,4H2,2H3,(H,7,9);3-4H,1-2H2. The van der Waals surface area contributed by atoms with Gasteiger partial charge < -0.3 is 19.8 Å². The van der Waals surface area contributed by atoms with Crippen molar-refractivity contribution >= 4 is 12.1 Å². The molecule has 0 spiro atoms. The van der Waals surface area contributed by atoms with Crippen LogP contribution in [0.2, 0.25) is 0 Å². The summed E-state index contributed by atoms with van der Waals surface area (Å²) < 4.78 is 4.38. The summed E-state index contributed by atoms with van der Waals surface area (Å²) >= 11 is 0. The number of hydrogen-bond acceptors (Lipinski definition) is 6. The van der Waals surface area contributed by atoms with Crippen molar-refractivity contribution in [3.05, 3.63) is 12.7 Å². The van der Waals surface area contributed by atoms with Gasteiger partial charge >= 0.3 is 12.1 Å². The van der Waals surface area contributed by atoms with E-state index in [4.69, 9.17) is 10.2 Å². The number of nitrogens with one attached hydrogen (secondary N) is 1.